The molecule has 0 saturated heterocycles. The Kier molecular flexibility index (Phi) is 5.68. The molecule has 0 fully saturated rings. The normalized spacial score (nSPS) is 10.6. The summed E-state index contributed by atoms with van der Waals surface area (Å²) in [5, 5.41) is 6.95. The third-order valence-electron chi connectivity index (χ3n) is 2.70. The lowest BCUT2D eigenvalue weighted by Crippen LogP contribution is -2.26. The predicted molar refractivity (Wildman–Crippen MR) is 92.4 cm³/mol. The Morgan fingerprint density at radius 3 is 2.95 bits per heavy atom. The van der Waals surface area contributed by atoms with Crippen molar-refractivity contribution in [2.24, 2.45) is 5.10 Å². The molecule has 1 amide bonds. The van der Waals surface area contributed by atoms with Crippen molar-refractivity contribution in [3.8, 4) is 0 Å². The molecule has 0 bridgehead atoms. The van der Waals surface area contributed by atoms with Gasteiger partial charge in [0.15, 0.2) is 0 Å². The molecule has 0 radical (unpaired) electrons. The van der Waals surface area contributed by atoms with Crippen molar-refractivity contribution in [2.75, 3.05) is 11.9 Å². The molecule has 0 unspecified atom stereocenters. The zero-order valence-corrected chi connectivity index (χ0v) is 13.7. The number of hydrazone groups is 1. The third kappa shape index (κ3) is 5.14. The monoisotopic (exact) mass is 394 g/mol. The lowest BCUT2D eigenvalue weighted by molar-refractivity contribution is -0.119. The van der Waals surface area contributed by atoms with Crippen LogP contribution in [0.4, 0.5) is 5.69 Å². The van der Waals surface area contributed by atoms with E-state index in [1.807, 2.05) is 37.3 Å². The fourth-order valence-electron chi connectivity index (χ4n) is 1.66. The van der Waals surface area contributed by atoms with E-state index in [-0.39, 0.29) is 12.5 Å². The molecule has 0 spiro atoms. The van der Waals surface area contributed by atoms with E-state index in [0.717, 1.165) is 11.3 Å². The molecule has 2 rings (SSSR count). The predicted octanol–water partition coefficient (Wildman–Crippen LogP) is 2.56. The summed E-state index contributed by atoms with van der Waals surface area (Å²) in [5.74, 6) is -0.208. The van der Waals surface area contributed by atoms with Crippen LogP contribution in [-0.4, -0.2) is 23.7 Å². The smallest absolute Gasteiger partial charge is 0.259 e. The van der Waals surface area contributed by atoms with Crippen LogP contribution < -0.4 is 10.7 Å². The number of hydrogen-bond donors (Lipinski definition) is 2. The minimum Gasteiger partial charge on any atom is -0.376 e. The molecule has 0 aliphatic heterocycles. The highest BCUT2D eigenvalue weighted by Gasteiger charge is 2.02. The Bertz CT molecular complexity index is 643. The second-order valence-electron chi connectivity index (χ2n) is 4.36. The van der Waals surface area contributed by atoms with E-state index in [1.54, 1.807) is 6.20 Å². The van der Waals surface area contributed by atoms with Gasteiger partial charge in [0.2, 0.25) is 0 Å². The molecule has 0 saturated carbocycles. The first kappa shape index (κ1) is 15.4. The molecule has 2 N–H and O–H groups in total. The maximum absolute atomic E-state index is 11.7. The van der Waals surface area contributed by atoms with Crippen LogP contribution in [0, 0.1) is 10.5 Å². The average molecular weight is 394 g/mol. The van der Waals surface area contributed by atoms with Gasteiger partial charge in [-0.25, -0.2) is 5.43 Å². The van der Waals surface area contributed by atoms with E-state index in [1.165, 1.54) is 9.78 Å². The number of nitrogens with one attached hydrogen (secondary N) is 2. The summed E-state index contributed by atoms with van der Waals surface area (Å²) in [5.41, 5.74) is 5.20. The second kappa shape index (κ2) is 7.72. The van der Waals surface area contributed by atoms with Gasteiger partial charge in [-0.1, -0.05) is 6.07 Å². The molecule has 1 heterocycles. The standard InChI is InChI=1S/C15H15IN4O/c1-11-8-12(16)5-6-14(11)18-10-15(21)20-19-9-13-4-2-3-7-17-13/h2-9,18H,10H2,1H3,(H,20,21)/b19-9-. The first-order valence-electron chi connectivity index (χ1n) is 6.38. The molecule has 108 valence electrons. The van der Waals surface area contributed by atoms with Crippen molar-refractivity contribution in [2.45, 2.75) is 6.92 Å². The van der Waals surface area contributed by atoms with Gasteiger partial charge in [0.1, 0.15) is 0 Å². The number of aromatic nitrogens is 1. The SMILES string of the molecule is Cc1cc(I)ccc1NCC(=O)N/N=C\c1ccccn1. The highest BCUT2D eigenvalue weighted by Crippen LogP contribution is 2.17. The van der Waals surface area contributed by atoms with Gasteiger partial charge in [-0.05, 0) is 65.4 Å². The summed E-state index contributed by atoms with van der Waals surface area (Å²) >= 11 is 2.26. The van der Waals surface area contributed by atoms with Gasteiger partial charge >= 0.3 is 0 Å². The van der Waals surface area contributed by atoms with E-state index >= 15 is 0 Å². The molecule has 1 aromatic carbocycles. The van der Waals surface area contributed by atoms with Gasteiger partial charge in [0.25, 0.3) is 5.91 Å². The van der Waals surface area contributed by atoms with Gasteiger partial charge in [-0.2, -0.15) is 5.10 Å². The average Bonchev–Trinajstić information content (AvgIpc) is 2.47. The first-order chi connectivity index (χ1) is 10.1. The molecule has 0 atom stereocenters. The van der Waals surface area contributed by atoms with Crippen molar-refractivity contribution < 1.29 is 4.79 Å². The van der Waals surface area contributed by atoms with E-state index in [9.17, 15) is 4.79 Å². The van der Waals surface area contributed by atoms with Crippen LogP contribution in [0.3, 0.4) is 0 Å². The summed E-state index contributed by atoms with van der Waals surface area (Å²) < 4.78 is 1.17. The van der Waals surface area contributed by atoms with E-state index < -0.39 is 0 Å². The summed E-state index contributed by atoms with van der Waals surface area (Å²) in [4.78, 5) is 15.7. The molecule has 5 nitrogen and oxygen atoms in total. The van der Waals surface area contributed by atoms with E-state index in [4.69, 9.17) is 0 Å². The maximum atomic E-state index is 11.7. The van der Waals surface area contributed by atoms with Crippen molar-refractivity contribution in [1.82, 2.24) is 10.4 Å². The number of anilines is 1. The lowest BCUT2D eigenvalue weighted by atomic mass is 10.2. The van der Waals surface area contributed by atoms with Crippen molar-refractivity contribution in [3.63, 3.8) is 0 Å². The number of nitrogens with zero attached hydrogens (tertiary/aromatic N) is 2. The van der Waals surface area contributed by atoms with Gasteiger partial charge < -0.3 is 5.32 Å². The number of rotatable bonds is 5. The van der Waals surface area contributed by atoms with Crippen molar-refractivity contribution in [3.05, 3.63) is 57.4 Å². The molecular formula is C15H15IN4O. The Morgan fingerprint density at radius 2 is 2.24 bits per heavy atom. The zero-order valence-electron chi connectivity index (χ0n) is 11.5. The fraction of sp³-hybridized carbons (Fsp3) is 0.133. The van der Waals surface area contributed by atoms with Crippen LogP contribution in [0.1, 0.15) is 11.3 Å². The van der Waals surface area contributed by atoms with E-state index in [2.05, 4.69) is 49.5 Å². The molecule has 0 aliphatic carbocycles. The Balaban J connectivity index is 1.81. The number of benzene rings is 1. The first-order valence-corrected chi connectivity index (χ1v) is 7.46. The summed E-state index contributed by atoms with van der Waals surface area (Å²) in [6.07, 6.45) is 3.18. The Hall–Kier alpha value is -1.96. The highest BCUT2D eigenvalue weighted by molar-refractivity contribution is 14.1. The number of aryl methyl sites for hydroxylation is 1. The minimum atomic E-state index is -0.208. The largest absolute Gasteiger partial charge is 0.376 e. The number of carbonyl (C=O) groups is 1. The summed E-state index contributed by atoms with van der Waals surface area (Å²) in [6.45, 7) is 2.17. The van der Waals surface area contributed by atoms with Crippen LogP contribution in [-0.2, 0) is 4.79 Å². The van der Waals surface area contributed by atoms with Crippen molar-refractivity contribution in [1.29, 1.82) is 0 Å². The fourth-order valence-corrected chi connectivity index (χ4v) is 2.31. The van der Waals surface area contributed by atoms with E-state index in [0.29, 0.717) is 5.69 Å². The Labute approximate surface area is 137 Å². The van der Waals surface area contributed by atoms with Crippen LogP contribution in [0.5, 0.6) is 0 Å². The number of halogens is 1. The van der Waals surface area contributed by atoms with Crippen molar-refractivity contribution >= 4 is 40.4 Å². The van der Waals surface area contributed by atoms with Crippen LogP contribution in [0.2, 0.25) is 0 Å². The van der Waals surface area contributed by atoms with Gasteiger partial charge in [-0.3, -0.25) is 9.78 Å². The quantitative estimate of drug-likeness (QED) is 0.466. The molecule has 21 heavy (non-hydrogen) atoms. The number of hydrogen-bond acceptors (Lipinski definition) is 4. The summed E-state index contributed by atoms with van der Waals surface area (Å²) in [7, 11) is 0. The van der Waals surface area contributed by atoms with Crippen LogP contribution >= 0.6 is 22.6 Å². The molecular weight excluding hydrogens is 379 g/mol. The second-order valence-corrected chi connectivity index (χ2v) is 5.61. The van der Waals surface area contributed by atoms with Crippen LogP contribution in [0.15, 0.2) is 47.7 Å². The summed E-state index contributed by atoms with van der Waals surface area (Å²) in [6, 6.07) is 11.5. The number of carbonyl (C=O) groups excluding carboxylic acids is 1. The highest BCUT2D eigenvalue weighted by atomic mass is 127. The zero-order chi connectivity index (χ0) is 15.1. The maximum Gasteiger partial charge on any atom is 0.259 e. The third-order valence-corrected chi connectivity index (χ3v) is 3.37. The molecule has 2 aromatic rings. The Morgan fingerprint density at radius 1 is 1.38 bits per heavy atom. The lowest BCUT2D eigenvalue weighted by Gasteiger charge is -2.08. The number of pyridine rings is 1. The topological polar surface area (TPSA) is 66.4 Å². The number of amides is 1. The van der Waals surface area contributed by atoms with Crippen LogP contribution in [0.25, 0.3) is 0 Å². The van der Waals surface area contributed by atoms with Gasteiger partial charge in [-0.15, -0.1) is 0 Å². The molecule has 0 aliphatic rings. The molecule has 6 heteroatoms. The minimum absolute atomic E-state index is 0.168. The van der Waals surface area contributed by atoms with Gasteiger partial charge in [0.05, 0.1) is 18.5 Å². The van der Waals surface area contributed by atoms with Gasteiger partial charge in [0, 0.05) is 15.5 Å². The molecule has 1 aromatic heterocycles.